The number of phenols is 1. The third kappa shape index (κ3) is 1.71. The SMILES string of the molecule is CC1=CC(c2ccc(O)cc2)=NN2CCN=C12. The minimum atomic E-state index is 0.272. The van der Waals surface area contributed by atoms with Crippen LogP contribution >= 0.6 is 0 Å². The number of aromatic hydroxyl groups is 1. The molecule has 2 aliphatic rings. The molecule has 3 rings (SSSR count). The van der Waals surface area contributed by atoms with Gasteiger partial charge in [-0.25, -0.2) is 5.01 Å². The Bertz CT molecular complexity index is 540. The molecule has 0 saturated carbocycles. The first-order valence-corrected chi connectivity index (χ1v) is 5.63. The van der Waals surface area contributed by atoms with E-state index in [1.165, 1.54) is 0 Å². The Morgan fingerprint density at radius 2 is 2.00 bits per heavy atom. The van der Waals surface area contributed by atoms with Crippen molar-refractivity contribution < 1.29 is 5.11 Å². The van der Waals surface area contributed by atoms with E-state index < -0.39 is 0 Å². The van der Waals surface area contributed by atoms with Crippen LogP contribution in [0.2, 0.25) is 0 Å². The highest BCUT2D eigenvalue weighted by atomic mass is 16.3. The molecule has 0 bridgehead atoms. The van der Waals surface area contributed by atoms with Gasteiger partial charge in [0.25, 0.3) is 0 Å². The number of benzene rings is 1. The quantitative estimate of drug-likeness (QED) is 0.794. The van der Waals surface area contributed by atoms with E-state index in [4.69, 9.17) is 0 Å². The lowest BCUT2D eigenvalue weighted by Gasteiger charge is -2.21. The fourth-order valence-electron chi connectivity index (χ4n) is 2.07. The summed E-state index contributed by atoms with van der Waals surface area (Å²) in [6.45, 7) is 3.71. The van der Waals surface area contributed by atoms with Gasteiger partial charge in [0.1, 0.15) is 11.6 Å². The highest BCUT2D eigenvalue weighted by molar-refractivity contribution is 6.16. The molecule has 0 atom stereocenters. The van der Waals surface area contributed by atoms with Crippen molar-refractivity contribution in [2.75, 3.05) is 13.1 Å². The summed E-state index contributed by atoms with van der Waals surface area (Å²) in [4.78, 5) is 4.41. The first-order chi connectivity index (χ1) is 8.24. The molecule has 2 aliphatic heterocycles. The molecule has 86 valence electrons. The summed E-state index contributed by atoms with van der Waals surface area (Å²) in [5.41, 5.74) is 3.07. The maximum atomic E-state index is 9.27. The maximum Gasteiger partial charge on any atom is 0.147 e. The number of hydrogen-bond acceptors (Lipinski definition) is 4. The highest BCUT2D eigenvalue weighted by Gasteiger charge is 2.22. The number of rotatable bonds is 1. The zero-order valence-corrected chi connectivity index (χ0v) is 9.59. The molecule has 0 spiro atoms. The number of fused-ring (bicyclic) bond motifs is 1. The lowest BCUT2D eigenvalue weighted by Crippen LogP contribution is -2.28. The minimum Gasteiger partial charge on any atom is -0.508 e. The third-order valence-corrected chi connectivity index (χ3v) is 2.92. The van der Waals surface area contributed by atoms with Crippen LogP contribution < -0.4 is 0 Å². The Hall–Kier alpha value is -2.10. The van der Waals surface area contributed by atoms with E-state index in [2.05, 4.69) is 10.1 Å². The van der Waals surface area contributed by atoms with Crippen molar-refractivity contribution in [2.24, 2.45) is 10.1 Å². The standard InChI is InChI=1S/C13H13N3O/c1-9-8-12(10-2-4-11(17)5-3-10)15-16-7-6-14-13(9)16/h2-5,8,17H,6-7H2,1H3. The zero-order valence-electron chi connectivity index (χ0n) is 9.59. The van der Waals surface area contributed by atoms with Crippen molar-refractivity contribution in [1.29, 1.82) is 0 Å². The van der Waals surface area contributed by atoms with Crippen LogP contribution in [0.3, 0.4) is 0 Å². The number of amidine groups is 1. The molecule has 4 heteroatoms. The van der Waals surface area contributed by atoms with E-state index in [-0.39, 0.29) is 5.75 Å². The fourth-order valence-corrected chi connectivity index (χ4v) is 2.07. The smallest absolute Gasteiger partial charge is 0.147 e. The second-order valence-electron chi connectivity index (χ2n) is 4.19. The largest absolute Gasteiger partial charge is 0.508 e. The molecule has 2 heterocycles. The molecule has 0 radical (unpaired) electrons. The van der Waals surface area contributed by atoms with Gasteiger partial charge in [0.15, 0.2) is 0 Å². The van der Waals surface area contributed by atoms with Gasteiger partial charge >= 0.3 is 0 Å². The minimum absolute atomic E-state index is 0.272. The number of hydrogen-bond donors (Lipinski definition) is 1. The van der Waals surface area contributed by atoms with Crippen LogP contribution in [-0.2, 0) is 0 Å². The van der Waals surface area contributed by atoms with Crippen molar-refractivity contribution in [1.82, 2.24) is 5.01 Å². The molecule has 0 aliphatic carbocycles. The highest BCUT2D eigenvalue weighted by Crippen LogP contribution is 2.19. The van der Waals surface area contributed by atoms with Crippen molar-refractivity contribution in [2.45, 2.75) is 6.92 Å². The van der Waals surface area contributed by atoms with E-state index >= 15 is 0 Å². The zero-order chi connectivity index (χ0) is 11.8. The summed E-state index contributed by atoms with van der Waals surface area (Å²) in [6, 6.07) is 7.09. The average molecular weight is 227 g/mol. The number of hydrazone groups is 1. The Kier molecular flexibility index (Phi) is 2.21. The van der Waals surface area contributed by atoms with Crippen LogP contribution in [0.4, 0.5) is 0 Å². The van der Waals surface area contributed by atoms with Crippen LogP contribution in [0.15, 0.2) is 46.0 Å². The summed E-state index contributed by atoms with van der Waals surface area (Å²) in [5, 5.41) is 15.8. The normalized spacial score (nSPS) is 18.4. The molecule has 1 aromatic carbocycles. The summed E-state index contributed by atoms with van der Waals surface area (Å²) in [6.07, 6.45) is 2.03. The Morgan fingerprint density at radius 1 is 1.24 bits per heavy atom. The van der Waals surface area contributed by atoms with Gasteiger partial charge in [0, 0.05) is 5.56 Å². The lowest BCUT2D eigenvalue weighted by atomic mass is 10.1. The van der Waals surface area contributed by atoms with Crippen LogP contribution in [0.5, 0.6) is 5.75 Å². The average Bonchev–Trinajstić information content (AvgIpc) is 2.78. The summed E-state index contributed by atoms with van der Waals surface area (Å²) >= 11 is 0. The van der Waals surface area contributed by atoms with Crippen LogP contribution in [0.25, 0.3) is 0 Å². The Balaban J connectivity index is 2.00. The molecule has 4 nitrogen and oxygen atoms in total. The lowest BCUT2D eigenvalue weighted by molar-refractivity contribution is 0.475. The summed E-state index contributed by atoms with van der Waals surface area (Å²) in [7, 11) is 0. The molecular weight excluding hydrogens is 214 g/mol. The number of phenolic OH excluding ortho intramolecular Hbond substituents is 1. The predicted octanol–water partition coefficient (Wildman–Crippen LogP) is 1.77. The fraction of sp³-hybridized carbons (Fsp3) is 0.231. The first-order valence-electron chi connectivity index (χ1n) is 5.63. The van der Waals surface area contributed by atoms with Crippen molar-refractivity contribution in [3.8, 4) is 5.75 Å². The molecular formula is C13H13N3O. The van der Waals surface area contributed by atoms with E-state index in [0.29, 0.717) is 0 Å². The van der Waals surface area contributed by atoms with Gasteiger partial charge in [0.2, 0.25) is 0 Å². The monoisotopic (exact) mass is 227 g/mol. The predicted molar refractivity (Wildman–Crippen MR) is 67.4 cm³/mol. The summed E-state index contributed by atoms with van der Waals surface area (Å²) in [5.74, 6) is 1.25. The molecule has 0 fully saturated rings. The maximum absolute atomic E-state index is 9.27. The van der Waals surface area contributed by atoms with Crippen molar-refractivity contribution >= 4 is 11.5 Å². The van der Waals surface area contributed by atoms with Gasteiger partial charge in [-0.15, -0.1) is 0 Å². The first kappa shape index (κ1) is 10.1. The van der Waals surface area contributed by atoms with Gasteiger partial charge in [-0.2, -0.15) is 5.10 Å². The molecule has 0 saturated heterocycles. The van der Waals surface area contributed by atoms with Gasteiger partial charge in [-0.1, -0.05) is 0 Å². The summed E-state index contributed by atoms with van der Waals surface area (Å²) < 4.78 is 0. The molecule has 1 N–H and O–H groups in total. The van der Waals surface area contributed by atoms with E-state index in [1.54, 1.807) is 12.1 Å². The molecule has 1 aromatic rings. The molecule has 0 unspecified atom stereocenters. The van der Waals surface area contributed by atoms with Gasteiger partial charge in [0.05, 0.1) is 18.8 Å². The molecule has 17 heavy (non-hydrogen) atoms. The van der Waals surface area contributed by atoms with E-state index in [0.717, 1.165) is 35.8 Å². The van der Waals surface area contributed by atoms with Gasteiger partial charge in [-0.05, 0) is 42.8 Å². The van der Waals surface area contributed by atoms with Crippen LogP contribution in [0, 0.1) is 0 Å². The number of nitrogens with zero attached hydrogens (tertiary/aromatic N) is 3. The van der Waals surface area contributed by atoms with Crippen molar-refractivity contribution in [3.05, 3.63) is 41.5 Å². The molecule has 0 aromatic heterocycles. The second-order valence-corrected chi connectivity index (χ2v) is 4.19. The van der Waals surface area contributed by atoms with E-state index in [1.807, 2.05) is 30.1 Å². The van der Waals surface area contributed by atoms with Gasteiger partial charge in [-0.3, -0.25) is 4.99 Å². The Morgan fingerprint density at radius 3 is 2.76 bits per heavy atom. The topological polar surface area (TPSA) is 48.2 Å². The number of aliphatic imine (C=N–C) groups is 1. The van der Waals surface area contributed by atoms with Crippen molar-refractivity contribution in [3.63, 3.8) is 0 Å². The molecule has 0 amide bonds. The van der Waals surface area contributed by atoms with Crippen LogP contribution in [0.1, 0.15) is 12.5 Å². The Labute approximate surface area is 99.6 Å². The number of allylic oxidation sites excluding steroid dienone is 1. The van der Waals surface area contributed by atoms with E-state index in [9.17, 15) is 5.11 Å². The third-order valence-electron chi connectivity index (χ3n) is 2.92. The van der Waals surface area contributed by atoms with Gasteiger partial charge < -0.3 is 5.11 Å². The van der Waals surface area contributed by atoms with Crippen LogP contribution in [-0.4, -0.2) is 34.8 Å². The second kappa shape index (κ2) is 3.73.